The molecule has 184 valence electrons. The van der Waals surface area contributed by atoms with Crippen LogP contribution in [-0.4, -0.2) is 47.1 Å². The van der Waals surface area contributed by atoms with Crippen LogP contribution in [0.5, 0.6) is 0 Å². The average Bonchev–Trinajstić information content (AvgIpc) is 2.77. The van der Waals surface area contributed by atoms with Gasteiger partial charge in [0.25, 0.3) is 0 Å². The van der Waals surface area contributed by atoms with Gasteiger partial charge in [-0.2, -0.15) is 0 Å². The van der Waals surface area contributed by atoms with E-state index in [2.05, 4.69) is 20.9 Å². The van der Waals surface area contributed by atoms with Crippen molar-refractivity contribution in [3.05, 3.63) is 59.8 Å². The number of anilines is 1. The summed E-state index contributed by atoms with van der Waals surface area (Å²) in [4.78, 5) is 41.7. The van der Waals surface area contributed by atoms with Gasteiger partial charge in [0, 0.05) is 12.7 Å². The lowest BCUT2D eigenvalue weighted by molar-refractivity contribution is -0.129. The fourth-order valence-electron chi connectivity index (χ4n) is 3.12. The molecule has 1 heterocycles. The highest BCUT2D eigenvalue weighted by Gasteiger charge is 2.26. The van der Waals surface area contributed by atoms with E-state index in [1.165, 1.54) is 0 Å². The van der Waals surface area contributed by atoms with Crippen molar-refractivity contribution in [1.82, 2.24) is 20.9 Å². The number of aromatic nitrogens is 1. The predicted octanol–water partition coefficient (Wildman–Crippen LogP) is 2.35. The minimum atomic E-state index is -0.855. The van der Waals surface area contributed by atoms with Crippen molar-refractivity contribution in [3.63, 3.8) is 0 Å². The molecule has 0 bridgehead atoms. The van der Waals surface area contributed by atoms with Crippen LogP contribution in [0.1, 0.15) is 45.2 Å². The monoisotopic (exact) mass is 469 g/mol. The van der Waals surface area contributed by atoms with E-state index in [0.29, 0.717) is 31.6 Å². The van der Waals surface area contributed by atoms with Crippen LogP contribution in [0.3, 0.4) is 0 Å². The van der Waals surface area contributed by atoms with Gasteiger partial charge >= 0.3 is 6.09 Å². The first-order chi connectivity index (χ1) is 16.0. The molecular weight excluding hydrogens is 434 g/mol. The molecule has 5 N–H and O–H groups in total. The fraction of sp³-hybridized carbons (Fsp3) is 0.440. The number of ether oxygens (including phenoxy) is 1. The van der Waals surface area contributed by atoms with Crippen molar-refractivity contribution in [2.24, 2.45) is 0 Å². The number of rotatable bonds is 10. The maximum atomic E-state index is 12.9. The highest BCUT2D eigenvalue weighted by atomic mass is 16.6. The maximum Gasteiger partial charge on any atom is 0.408 e. The van der Waals surface area contributed by atoms with Gasteiger partial charge in [-0.05, 0) is 64.2 Å². The number of hydrogen-bond acceptors (Lipinski definition) is 6. The van der Waals surface area contributed by atoms with E-state index in [0.717, 1.165) is 11.1 Å². The van der Waals surface area contributed by atoms with Crippen molar-refractivity contribution in [3.8, 4) is 0 Å². The molecule has 0 aliphatic heterocycles. The highest BCUT2D eigenvalue weighted by molar-refractivity contribution is 5.91. The summed E-state index contributed by atoms with van der Waals surface area (Å²) >= 11 is 0. The van der Waals surface area contributed by atoms with Gasteiger partial charge in [0.2, 0.25) is 11.8 Å². The van der Waals surface area contributed by atoms with Gasteiger partial charge in [-0.3, -0.25) is 9.59 Å². The molecule has 2 atom stereocenters. The molecule has 0 fully saturated rings. The topological polar surface area (TPSA) is 135 Å². The Morgan fingerprint density at radius 2 is 1.68 bits per heavy atom. The first-order valence-corrected chi connectivity index (χ1v) is 11.4. The summed E-state index contributed by atoms with van der Waals surface area (Å²) in [5.41, 5.74) is 6.85. The maximum absolute atomic E-state index is 12.9. The number of pyridine rings is 1. The zero-order chi connectivity index (χ0) is 25.1. The Morgan fingerprint density at radius 3 is 2.29 bits per heavy atom. The molecule has 0 spiro atoms. The first-order valence-electron chi connectivity index (χ1n) is 11.4. The summed E-state index contributed by atoms with van der Waals surface area (Å²) in [6.45, 7) is 7.23. The van der Waals surface area contributed by atoms with E-state index in [1.54, 1.807) is 40.0 Å². The molecule has 34 heavy (non-hydrogen) atoms. The van der Waals surface area contributed by atoms with Crippen molar-refractivity contribution in [2.75, 3.05) is 12.3 Å². The summed E-state index contributed by atoms with van der Waals surface area (Å²) < 4.78 is 5.30. The summed E-state index contributed by atoms with van der Waals surface area (Å²) in [6, 6.07) is 11.6. The molecule has 3 amide bonds. The zero-order valence-corrected chi connectivity index (χ0v) is 20.3. The van der Waals surface area contributed by atoms with Crippen LogP contribution in [0.4, 0.5) is 10.6 Å². The Balaban J connectivity index is 1.91. The van der Waals surface area contributed by atoms with E-state index in [4.69, 9.17) is 10.5 Å². The van der Waals surface area contributed by atoms with Crippen molar-refractivity contribution >= 4 is 23.7 Å². The quantitative estimate of drug-likeness (QED) is 0.422. The lowest BCUT2D eigenvalue weighted by Crippen LogP contribution is -2.53. The lowest BCUT2D eigenvalue weighted by Gasteiger charge is -2.24. The average molecular weight is 470 g/mol. The van der Waals surface area contributed by atoms with Gasteiger partial charge in [-0.25, -0.2) is 9.78 Å². The highest BCUT2D eigenvalue weighted by Crippen LogP contribution is 2.10. The first kappa shape index (κ1) is 26.6. The molecule has 0 unspecified atom stereocenters. The molecule has 1 aromatic carbocycles. The summed E-state index contributed by atoms with van der Waals surface area (Å²) in [6.07, 6.45) is 2.49. The smallest absolute Gasteiger partial charge is 0.408 e. The lowest BCUT2D eigenvalue weighted by atomic mass is 10.0. The van der Waals surface area contributed by atoms with Gasteiger partial charge in [0.1, 0.15) is 23.5 Å². The van der Waals surface area contributed by atoms with E-state index < -0.39 is 29.7 Å². The Labute approximate surface area is 200 Å². The second-order valence-corrected chi connectivity index (χ2v) is 9.09. The van der Waals surface area contributed by atoms with Gasteiger partial charge in [0.05, 0.1) is 0 Å². The summed E-state index contributed by atoms with van der Waals surface area (Å²) in [7, 11) is 0. The minimum Gasteiger partial charge on any atom is -0.444 e. The number of nitrogens with one attached hydrogen (secondary N) is 3. The van der Waals surface area contributed by atoms with Crippen molar-refractivity contribution in [2.45, 2.75) is 64.6 Å². The van der Waals surface area contributed by atoms with Gasteiger partial charge < -0.3 is 26.4 Å². The summed E-state index contributed by atoms with van der Waals surface area (Å²) in [5.74, 6) is -0.339. The van der Waals surface area contributed by atoms with Gasteiger partial charge in [-0.1, -0.05) is 36.4 Å². The number of carbonyl (C=O) groups is 3. The van der Waals surface area contributed by atoms with Crippen LogP contribution in [0.25, 0.3) is 0 Å². The number of nitrogens with two attached hydrogens (primary N) is 1. The van der Waals surface area contributed by atoms with Crippen LogP contribution in [0.2, 0.25) is 0 Å². The summed E-state index contributed by atoms with van der Waals surface area (Å²) in [5, 5.41) is 8.12. The van der Waals surface area contributed by atoms with Crippen LogP contribution >= 0.6 is 0 Å². The number of amides is 3. The molecule has 2 rings (SSSR count). The Hall–Kier alpha value is -3.62. The molecular formula is C25H35N5O4. The second kappa shape index (κ2) is 12.6. The molecule has 2 aromatic rings. The normalized spacial score (nSPS) is 12.8. The van der Waals surface area contributed by atoms with Crippen molar-refractivity contribution < 1.29 is 19.1 Å². The SMILES string of the molecule is C[C@H](NC(=O)[C@@H](CCc1ccccc1)NC(=O)OC(C)(C)C)C(=O)NCCc1ccc(N)nc1. The fourth-order valence-corrected chi connectivity index (χ4v) is 3.12. The van der Waals surface area contributed by atoms with Crippen LogP contribution in [0.15, 0.2) is 48.7 Å². The predicted molar refractivity (Wildman–Crippen MR) is 131 cm³/mol. The molecule has 0 radical (unpaired) electrons. The molecule has 1 aromatic heterocycles. The van der Waals surface area contributed by atoms with E-state index in [1.807, 2.05) is 36.4 Å². The van der Waals surface area contributed by atoms with Gasteiger partial charge in [0.15, 0.2) is 0 Å². The van der Waals surface area contributed by atoms with Crippen LogP contribution < -0.4 is 21.7 Å². The van der Waals surface area contributed by atoms with Crippen LogP contribution in [0, 0.1) is 0 Å². The molecule has 9 nitrogen and oxygen atoms in total. The number of nitrogen functional groups attached to an aromatic ring is 1. The molecule has 0 saturated heterocycles. The molecule has 0 saturated carbocycles. The second-order valence-electron chi connectivity index (χ2n) is 9.09. The third-order valence-corrected chi connectivity index (χ3v) is 4.88. The molecule has 0 aliphatic rings. The van der Waals surface area contributed by atoms with E-state index in [-0.39, 0.29) is 5.91 Å². The third-order valence-electron chi connectivity index (χ3n) is 4.88. The Kier molecular flexibility index (Phi) is 9.85. The Bertz CT molecular complexity index is 942. The minimum absolute atomic E-state index is 0.323. The zero-order valence-electron chi connectivity index (χ0n) is 20.3. The number of carbonyl (C=O) groups excluding carboxylic acids is 3. The van der Waals surface area contributed by atoms with E-state index in [9.17, 15) is 14.4 Å². The third kappa shape index (κ3) is 9.89. The number of nitrogens with zero attached hydrogens (tertiary/aromatic N) is 1. The number of aryl methyl sites for hydroxylation is 1. The van der Waals surface area contributed by atoms with E-state index >= 15 is 0 Å². The number of alkyl carbamates (subject to hydrolysis) is 1. The number of hydrogen-bond donors (Lipinski definition) is 4. The molecule has 9 heteroatoms. The Morgan fingerprint density at radius 1 is 0.971 bits per heavy atom. The standard InChI is InChI=1S/C25H35N5O4/c1-17(22(31)27-15-14-19-11-13-21(26)28-16-19)29-23(32)20(30-24(33)34-25(2,3)4)12-10-18-8-6-5-7-9-18/h5-9,11,13,16-17,20H,10,12,14-15H2,1-4H3,(H2,26,28)(H,27,31)(H,29,32)(H,30,33)/t17-,20+/m0/s1. The van der Waals surface area contributed by atoms with Crippen LogP contribution in [-0.2, 0) is 27.2 Å². The largest absolute Gasteiger partial charge is 0.444 e. The van der Waals surface area contributed by atoms with Gasteiger partial charge in [-0.15, -0.1) is 0 Å². The van der Waals surface area contributed by atoms with Crippen molar-refractivity contribution in [1.29, 1.82) is 0 Å². The number of benzene rings is 1. The molecule has 0 aliphatic carbocycles.